The van der Waals surface area contributed by atoms with E-state index in [4.69, 9.17) is 14.4 Å². The summed E-state index contributed by atoms with van der Waals surface area (Å²) in [5.41, 5.74) is 0. The van der Waals surface area contributed by atoms with E-state index in [1.165, 1.54) is 4.90 Å². The number of nitrogens with one attached hydrogen (secondary N) is 1. The van der Waals surface area contributed by atoms with Crippen molar-refractivity contribution in [3.05, 3.63) is 11.7 Å². The van der Waals surface area contributed by atoms with Crippen molar-refractivity contribution in [1.29, 1.82) is 0 Å². The van der Waals surface area contributed by atoms with Gasteiger partial charge in [-0.05, 0) is 13.3 Å². The lowest BCUT2D eigenvalue weighted by atomic mass is 10.1. The average molecular weight is 367 g/mol. The van der Waals surface area contributed by atoms with Gasteiger partial charge in [0.25, 0.3) is 0 Å². The molecule has 0 spiro atoms. The summed E-state index contributed by atoms with van der Waals surface area (Å²) < 4.78 is 10.4. The Morgan fingerprint density at radius 2 is 2.08 bits per heavy atom. The van der Waals surface area contributed by atoms with Crippen LogP contribution in [0, 0.1) is 6.92 Å². The van der Waals surface area contributed by atoms with Gasteiger partial charge in [-0.2, -0.15) is 4.98 Å². The fourth-order valence-electron chi connectivity index (χ4n) is 3.21. The Balaban J connectivity index is 1.79. The standard InChI is InChI=1S/C15H21N5O6/c1-9-16-12(26-18-9)8-11(14(22)19-4-6-25-7-5-19)20-3-2-10(13(20)21)17-15(23)24/h10-11,17H,2-8H2,1H3,(H,23,24)/t10-,11-/m0/s1. The van der Waals surface area contributed by atoms with Gasteiger partial charge in [0.05, 0.1) is 19.6 Å². The van der Waals surface area contributed by atoms with E-state index in [0.717, 1.165) is 0 Å². The van der Waals surface area contributed by atoms with E-state index in [2.05, 4.69) is 15.5 Å². The van der Waals surface area contributed by atoms with E-state index in [1.807, 2.05) is 0 Å². The van der Waals surface area contributed by atoms with Gasteiger partial charge in [-0.1, -0.05) is 5.16 Å². The number of carboxylic acid groups (broad SMARTS) is 1. The van der Waals surface area contributed by atoms with Gasteiger partial charge >= 0.3 is 6.09 Å². The predicted octanol–water partition coefficient (Wildman–Crippen LogP) is -0.984. The zero-order valence-electron chi connectivity index (χ0n) is 14.4. The number of aryl methyl sites for hydroxylation is 1. The highest BCUT2D eigenvalue weighted by molar-refractivity contribution is 5.92. The first-order valence-electron chi connectivity index (χ1n) is 8.41. The summed E-state index contributed by atoms with van der Waals surface area (Å²) in [6.45, 7) is 3.70. The number of morpholine rings is 1. The van der Waals surface area contributed by atoms with Crippen molar-refractivity contribution in [2.24, 2.45) is 0 Å². The van der Waals surface area contributed by atoms with Crippen LogP contribution in [0.4, 0.5) is 4.79 Å². The van der Waals surface area contributed by atoms with E-state index >= 15 is 0 Å². The number of rotatable bonds is 5. The number of hydrogen-bond donors (Lipinski definition) is 2. The van der Waals surface area contributed by atoms with Crippen LogP contribution in [-0.2, 0) is 20.7 Å². The molecule has 3 amide bonds. The van der Waals surface area contributed by atoms with Crippen molar-refractivity contribution in [2.75, 3.05) is 32.8 Å². The topological polar surface area (TPSA) is 138 Å². The first-order chi connectivity index (χ1) is 12.5. The highest BCUT2D eigenvalue weighted by Crippen LogP contribution is 2.20. The molecule has 2 saturated heterocycles. The zero-order valence-corrected chi connectivity index (χ0v) is 14.4. The fourth-order valence-corrected chi connectivity index (χ4v) is 3.21. The van der Waals surface area contributed by atoms with Gasteiger partial charge < -0.3 is 29.5 Å². The van der Waals surface area contributed by atoms with Gasteiger partial charge in [-0.25, -0.2) is 4.79 Å². The molecule has 142 valence electrons. The van der Waals surface area contributed by atoms with E-state index in [-0.39, 0.29) is 24.8 Å². The maximum atomic E-state index is 13.0. The molecule has 2 N–H and O–H groups in total. The number of carbonyl (C=O) groups excluding carboxylic acids is 2. The molecule has 0 unspecified atom stereocenters. The van der Waals surface area contributed by atoms with Gasteiger partial charge in [-0.3, -0.25) is 9.59 Å². The molecular formula is C15H21N5O6. The quantitative estimate of drug-likeness (QED) is 0.677. The molecule has 2 fully saturated rings. The van der Waals surface area contributed by atoms with Crippen LogP contribution in [0.1, 0.15) is 18.1 Å². The normalized spacial score (nSPS) is 21.7. The van der Waals surface area contributed by atoms with Crippen LogP contribution in [0.3, 0.4) is 0 Å². The minimum Gasteiger partial charge on any atom is -0.465 e. The lowest BCUT2D eigenvalue weighted by Crippen LogP contribution is -2.54. The average Bonchev–Trinajstić information content (AvgIpc) is 3.19. The molecule has 11 nitrogen and oxygen atoms in total. The van der Waals surface area contributed by atoms with Crippen molar-refractivity contribution in [1.82, 2.24) is 25.3 Å². The van der Waals surface area contributed by atoms with Gasteiger partial charge in [0, 0.05) is 19.6 Å². The van der Waals surface area contributed by atoms with Crippen LogP contribution < -0.4 is 5.32 Å². The number of aromatic nitrogens is 2. The van der Waals surface area contributed by atoms with E-state index < -0.39 is 24.1 Å². The molecule has 0 bridgehead atoms. The lowest BCUT2D eigenvalue weighted by molar-refractivity contribution is -0.147. The molecule has 1 aromatic heterocycles. The summed E-state index contributed by atoms with van der Waals surface area (Å²) in [5, 5.41) is 14.8. The summed E-state index contributed by atoms with van der Waals surface area (Å²) in [6.07, 6.45) is -0.877. The molecule has 11 heteroatoms. The molecule has 0 aliphatic carbocycles. The van der Waals surface area contributed by atoms with Gasteiger partial charge in [-0.15, -0.1) is 0 Å². The van der Waals surface area contributed by atoms with Crippen molar-refractivity contribution in [2.45, 2.75) is 31.8 Å². The Bertz CT molecular complexity index is 686. The van der Waals surface area contributed by atoms with Crippen molar-refractivity contribution >= 4 is 17.9 Å². The molecule has 26 heavy (non-hydrogen) atoms. The second-order valence-corrected chi connectivity index (χ2v) is 6.22. The second kappa shape index (κ2) is 7.68. The molecule has 0 radical (unpaired) electrons. The first-order valence-corrected chi connectivity index (χ1v) is 8.41. The summed E-state index contributed by atoms with van der Waals surface area (Å²) in [4.78, 5) is 43.6. The number of hydrogen-bond acceptors (Lipinski definition) is 7. The highest BCUT2D eigenvalue weighted by Gasteiger charge is 2.42. The molecule has 2 aliphatic heterocycles. The Kier molecular flexibility index (Phi) is 5.35. The summed E-state index contributed by atoms with van der Waals surface area (Å²) in [6, 6.07) is -1.67. The Morgan fingerprint density at radius 1 is 1.35 bits per heavy atom. The number of amides is 3. The van der Waals surface area contributed by atoms with Crippen LogP contribution in [-0.4, -0.2) is 87.9 Å². The van der Waals surface area contributed by atoms with Crippen molar-refractivity contribution in [3.8, 4) is 0 Å². The molecule has 0 saturated carbocycles. The Hall–Kier alpha value is -2.69. The SMILES string of the molecule is Cc1noc(C[C@@H](C(=O)N2CCOCC2)N2CC[C@H](NC(=O)O)C2=O)n1. The zero-order chi connectivity index (χ0) is 18.7. The highest BCUT2D eigenvalue weighted by atomic mass is 16.5. The van der Waals surface area contributed by atoms with Crippen LogP contribution in [0.2, 0.25) is 0 Å². The molecule has 1 aromatic rings. The van der Waals surface area contributed by atoms with E-state index in [0.29, 0.717) is 38.5 Å². The third kappa shape index (κ3) is 3.93. The maximum Gasteiger partial charge on any atom is 0.405 e. The van der Waals surface area contributed by atoms with Crippen LogP contribution in [0.15, 0.2) is 4.52 Å². The second-order valence-electron chi connectivity index (χ2n) is 6.22. The number of nitrogens with zero attached hydrogens (tertiary/aromatic N) is 4. The maximum absolute atomic E-state index is 13.0. The Labute approximate surface area is 149 Å². The molecular weight excluding hydrogens is 346 g/mol. The summed E-state index contributed by atoms with van der Waals surface area (Å²) in [5.74, 6) is 0.0519. The first kappa shape index (κ1) is 18.1. The van der Waals surface area contributed by atoms with Crippen molar-refractivity contribution in [3.63, 3.8) is 0 Å². The number of ether oxygens (including phenoxy) is 1. The minimum absolute atomic E-state index is 0.0859. The van der Waals surface area contributed by atoms with Gasteiger partial charge in [0.2, 0.25) is 17.7 Å². The summed E-state index contributed by atoms with van der Waals surface area (Å²) >= 11 is 0. The molecule has 2 aliphatic rings. The third-order valence-corrected chi connectivity index (χ3v) is 4.46. The molecule has 3 rings (SSSR count). The molecule has 2 atom stereocenters. The van der Waals surface area contributed by atoms with E-state index in [9.17, 15) is 14.4 Å². The largest absolute Gasteiger partial charge is 0.465 e. The van der Waals surface area contributed by atoms with Gasteiger partial charge in [0.1, 0.15) is 12.1 Å². The van der Waals surface area contributed by atoms with E-state index in [1.54, 1.807) is 11.8 Å². The smallest absolute Gasteiger partial charge is 0.405 e. The fraction of sp³-hybridized carbons (Fsp3) is 0.667. The molecule has 0 aromatic carbocycles. The van der Waals surface area contributed by atoms with Crippen molar-refractivity contribution < 1.29 is 28.8 Å². The monoisotopic (exact) mass is 367 g/mol. The van der Waals surface area contributed by atoms with Gasteiger partial charge in [0.15, 0.2) is 5.82 Å². The van der Waals surface area contributed by atoms with Crippen LogP contribution in [0.5, 0.6) is 0 Å². The Morgan fingerprint density at radius 3 is 2.69 bits per heavy atom. The molecule has 3 heterocycles. The van der Waals surface area contributed by atoms with Crippen LogP contribution >= 0.6 is 0 Å². The predicted molar refractivity (Wildman–Crippen MR) is 85.2 cm³/mol. The minimum atomic E-state index is -1.27. The number of likely N-dealkylation sites (tertiary alicyclic amines) is 1. The van der Waals surface area contributed by atoms with Crippen LogP contribution in [0.25, 0.3) is 0 Å². The summed E-state index contributed by atoms with van der Waals surface area (Å²) in [7, 11) is 0. The lowest BCUT2D eigenvalue weighted by Gasteiger charge is -2.34. The number of carbonyl (C=O) groups is 3. The third-order valence-electron chi connectivity index (χ3n) is 4.46.